The van der Waals surface area contributed by atoms with Crippen LogP contribution in [0.3, 0.4) is 0 Å². The Morgan fingerprint density at radius 1 is 1.14 bits per heavy atom. The SMILES string of the molecule is C#Cc1c(F)ccc2cccc(-c3nc4c5c(nc(SCC)nc5c3F)N3CCN(C(=O)OC(C)(C)C)CC3CCC4)c12. The second-order valence-electron chi connectivity index (χ2n) is 11.8. The molecule has 1 saturated heterocycles. The van der Waals surface area contributed by atoms with Crippen LogP contribution in [-0.4, -0.2) is 63.0 Å². The number of piperazine rings is 1. The van der Waals surface area contributed by atoms with Gasteiger partial charge in [-0.05, 0) is 57.2 Å². The monoisotopic (exact) mass is 601 g/mol. The number of ether oxygens (including phenoxy) is 1. The maximum Gasteiger partial charge on any atom is 0.410 e. The summed E-state index contributed by atoms with van der Waals surface area (Å²) in [5.74, 6) is 2.67. The number of hydrogen-bond donors (Lipinski definition) is 0. The average molecular weight is 602 g/mol. The maximum absolute atomic E-state index is 16.7. The van der Waals surface area contributed by atoms with Gasteiger partial charge in [0, 0.05) is 36.6 Å². The predicted octanol–water partition coefficient (Wildman–Crippen LogP) is 6.98. The fourth-order valence-electron chi connectivity index (χ4n) is 6.04. The summed E-state index contributed by atoms with van der Waals surface area (Å²) in [6.45, 7) is 9.02. The molecule has 4 aromatic rings. The van der Waals surface area contributed by atoms with E-state index in [0.29, 0.717) is 70.2 Å². The van der Waals surface area contributed by atoms with Crippen molar-refractivity contribution in [3.8, 4) is 23.6 Å². The standard InChI is InChI=1S/C33H33F2N5O2S/c1-6-21-23(34)15-14-19-10-8-12-22(25(19)21)28-27(35)29-26-24(36-28)13-9-11-20-18-39(32(41)42-33(3,4)5)16-17-40(20)30(26)38-31(37-29)43-7-2/h1,8,10,12,14-15,20H,7,9,11,13,16-18H2,2-5H3. The Balaban J connectivity index is 1.52. The second kappa shape index (κ2) is 11.3. The van der Waals surface area contributed by atoms with Gasteiger partial charge in [-0.3, -0.25) is 0 Å². The maximum atomic E-state index is 16.7. The fraction of sp³-hybridized carbons (Fsp3) is 0.394. The number of hydrogen-bond acceptors (Lipinski definition) is 7. The molecule has 0 spiro atoms. The molecular weight excluding hydrogens is 568 g/mol. The first-order valence-corrected chi connectivity index (χ1v) is 15.5. The molecule has 1 amide bonds. The van der Waals surface area contributed by atoms with Crippen molar-refractivity contribution in [2.45, 2.75) is 63.8 Å². The lowest BCUT2D eigenvalue weighted by atomic mass is 9.94. The van der Waals surface area contributed by atoms with Gasteiger partial charge in [0.1, 0.15) is 28.4 Å². The highest BCUT2D eigenvalue weighted by molar-refractivity contribution is 7.99. The molecule has 0 radical (unpaired) electrons. The van der Waals surface area contributed by atoms with Gasteiger partial charge in [-0.2, -0.15) is 0 Å². The van der Waals surface area contributed by atoms with Gasteiger partial charge >= 0.3 is 6.09 Å². The molecule has 7 nitrogen and oxygen atoms in total. The third kappa shape index (κ3) is 5.35. The second-order valence-corrected chi connectivity index (χ2v) is 13.1. The van der Waals surface area contributed by atoms with Crippen molar-refractivity contribution in [2.24, 2.45) is 0 Å². The molecule has 2 aliphatic rings. The Morgan fingerprint density at radius 3 is 2.70 bits per heavy atom. The van der Waals surface area contributed by atoms with Crippen molar-refractivity contribution >= 4 is 45.3 Å². The van der Waals surface area contributed by atoms with Gasteiger partial charge in [-0.15, -0.1) is 6.42 Å². The van der Waals surface area contributed by atoms with Crippen molar-refractivity contribution in [1.29, 1.82) is 0 Å². The van der Waals surface area contributed by atoms with Crippen molar-refractivity contribution in [1.82, 2.24) is 19.9 Å². The zero-order valence-electron chi connectivity index (χ0n) is 24.7. The smallest absolute Gasteiger partial charge is 0.410 e. The van der Waals surface area contributed by atoms with E-state index in [1.807, 2.05) is 33.8 Å². The number of anilines is 1. The lowest BCUT2D eigenvalue weighted by molar-refractivity contribution is 0.0211. The lowest BCUT2D eigenvalue weighted by Crippen LogP contribution is -2.56. The van der Waals surface area contributed by atoms with Crippen LogP contribution in [0.5, 0.6) is 0 Å². The van der Waals surface area contributed by atoms with Crippen LogP contribution >= 0.6 is 11.8 Å². The minimum absolute atomic E-state index is 0.0195. The lowest BCUT2D eigenvalue weighted by Gasteiger charge is -2.43. The molecule has 222 valence electrons. The highest BCUT2D eigenvalue weighted by Crippen LogP contribution is 2.40. The number of halogens is 2. The van der Waals surface area contributed by atoms with Gasteiger partial charge < -0.3 is 14.5 Å². The number of nitrogens with zero attached hydrogens (tertiary/aromatic N) is 5. The van der Waals surface area contributed by atoms with Crippen molar-refractivity contribution in [2.75, 3.05) is 30.3 Å². The minimum atomic E-state index is -0.593. The molecule has 2 aliphatic heterocycles. The number of fused-ring (bicyclic) bond motifs is 3. The molecule has 0 saturated carbocycles. The number of rotatable bonds is 3. The van der Waals surface area contributed by atoms with E-state index in [9.17, 15) is 9.18 Å². The Morgan fingerprint density at radius 2 is 1.95 bits per heavy atom. The van der Waals surface area contributed by atoms with Crippen molar-refractivity contribution in [3.63, 3.8) is 0 Å². The van der Waals surface area contributed by atoms with Crippen molar-refractivity contribution in [3.05, 3.63) is 53.2 Å². The van der Waals surface area contributed by atoms with Gasteiger partial charge in [-0.1, -0.05) is 48.9 Å². The van der Waals surface area contributed by atoms with Crippen LogP contribution < -0.4 is 4.90 Å². The molecule has 43 heavy (non-hydrogen) atoms. The fourth-order valence-corrected chi connectivity index (χ4v) is 6.60. The molecule has 0 bridgehead atoms. The Hall–Kier alpha value is -3.97. The van der Waals surface area contributed by atoms with Crippen LogP contribution in [0.15, 0.2) is 35.5 Å². The van der Waals surface area contributed by atoms with Gasteiger partial charge in [0.05, 0.1) is 16.6 Å². The predicted molar refractivity (Wildman–Crippen MR) is 166 cm³/mol. The van der Waals surface area contributed by atoms with Crippen LogP contribution in [0.25, 0.3) is 32.9 Å². The summed E-state index contributed by atoms with van der Waals surface area (Å²) >= 11 is 1.44. The summed E-state index contributed by atoms with van der Waals surface area (Å²) in [6.07, 6.45) is 7.51. The molecule has 0 N–H and O–H groups in total. The zero-order chi connectivity index (χ0) is 30.5. The van der Waals surface area contributed by atoms with E-state index in [0.717, 1.165) is 12.8 Å². The Labute approximate surface area is 254 Å². The topological polar surface area (TPSA) is 71.5 Å². The number of benzene rings is 2. The van der Waals surface area contributed by atoms with Crippen LogP contribution in [-0.2, 0) is 11.2 Å². The van der Waals surface area contributed by atoms with Crippen LogP contribution in [0.2, 0.25) is 0 Å². The highest BCUT2D eigenvalue weighted by Gasteiger charge is 2.36. The highest BCUT2D eigenvalue weighted by atomic mass is 32.2. The third-order valence-electron chi connectivity index (χ3n) is 7.85. The molecule has 2 aromatic carbocycles. The Bertz CT molecular complexity index is 1800. The van der Waals surface area contributed by atoms with Crippen LogP contribution in [0.4, 0.5) is 19.4 Å². The molecular formula is C33H33F2N5O2S. The van der Waals surface area contributed by atoms with Gasteiger partial charge in [0.2, 0.25) is 0 Å². The molecule has 1 atom stereocenters. The number of thioether (sulfide) groups is 1. The summed E-state index contributed by atoms with van der Waals surface area (Å²) in [7, 11) is 0. The molecule has 1 fully saturated rings. The summed E-state index contributed by atoms with van der Waals surface area (Å²) < 4.78 is 37.2. The first kappa shape index (κ1) is 29.1. The van der Waals surface area contributed by atoms with E-state index in [1.54, 1.807) is 23.1 Å². The first-order valence-electron chi connectivity index (χ1n) is 14.5. The largest absolute Gasteiger partial charge is 0.444 e. The van der Waals surface area contributed by atoms with E-state index in [2.05, 4.69) is 10.8 Å². The zero-order valence-corrected chi connectivity index (χ0v) is 25.5. The summed E-state index contributed by atoms with van der Waals surface area (Å²) in [6, 6.07) is 8.29. The normalized spacial score (nSPS) is 16.9. The van der Waals surface area contributed by atoms with Crippen LogP contribution in [0, 0.1) is 24.0 Å². The van der Waals surface area contributed by atoms with Gasteiger partial charge in [0.25, 0.3) is 0 Å². The molecule has 10 heteroatoms. The van der Waals surface area contributed by atoms with E-state index in [4.69, 9.17) is 26.1 Å². The Kier molecular flexibility index (Phi) is 7.63. The quantitative estimate of drug-likeness (QED) is 0.143. The number of terminal acetylenes is 1. The number of carbonyl (C=O) groups is 1. The van der Waals surface area contributed by atoms with Crippen LogP contribution in [0.1, 0.15) is 51.8 Å². The number of carbonyl (C=O) groups excluding carboxylic acids is 1. The van der Waals surface area contributed by atoms with E-state index in [1.165, 1.54) is 17.8 Å². The number of aromatic nitrogens is 3. The number of pyridine rings is 1. The molecule has 6 rings (SSSR count). The number of aryl methyl sites for hydroxylation is 1. The number of amides is 1. The molecule has 1 unspecified atom stereocenters. The molecule has 2 aromatic heterocycles. The van der Waals surface area contributed by atoms with E-state index >= 15 is 4.39 Å². The molecule has 4 heterocycles. The average Bonchev–Trinajstić information content (AvgIpc) is 2.96. The minimum Gasteiger partial charge on any atom is -0.444 e. The summed E-state index contributed by atoms with van der Waals surface area (Å²) in [5, 5.41) is 2.20. The van der Waals surface area contributed by atoms with E-state index < -0.39 is 17.2 Å². The van der Waals surface area contributed by atoms with E-state index in [-0.39, 0.29) is 28.9 Å². The summed E-state index contributed by atoms with van der Waals surface area (Å²) in [4.78, 5) is 31.4. The molecule has 0 aliphatic carbocycles. The first-order chi connectivity index (χ1) is 20.6. The van der Waals surface area contributed by atoms with Gasteiger partial charge in [0.15, 0.2) is 11.0 Å². The van der Waals surface area contributed by atoms with Gasteiger partial charge in [-0.25, -0.2) is 28.5 Å². The summed E-state index contributed by atoms with van der Waals surface area (Å²) in [5.41, 5.74) is 0.894. The van der Waals surface area contributed by atoms with Crippen molar-refractivity contribution < 1.29 is 18.3 Å². The third-order valence-corrected chi connectivity index (χ3v) is 8.58.